The normalized spacial score (nSPS) is 13.6. The van der Waals surface area contributed by atoms with Crippen LogP contribution in [-0.2, 0) is 6.54 Å². The van der Waals surface area contributed by atoms with Gasteiger partial charge in [-0.05, 0) is 31.0 Å². The van der Waals surface area contributed by atoms with Crippen LogP contribution < -0.4 is 10.3 Å². The largest absolute Gasteiger partial charge is 0.364 e. The molecule has 0 aromatic heterocycles. The first kappa shape index (κ1) is 12.4. The average Bonchev–Trinajstić information content (AvgIpc) is 3.13. The third-order valence-corrected chi connectivity index (χ3v) is 4.38. The Bertz CT molecular complexity index is 837. The summed E-state index contributed by atoms with van der Waals surface area (Å²) in [6, 6.07) is 16.9. The molecule has 3 aromatic carbocycles. The molecule has 1 aliphatic heterocycles. The Morgan fingerprint density at radius 2 is 1.52 bits per heavy atom. The van der Waals surface area contributed by atoms with Crippen LogP contribution in [0, 0.1) is 0 Å². The fourth-order valence-corrected chi connectivity index (χ4v) is 3.25. The Balaban J connectivity index is 2.02. The van der Waals surface area contributed by atoms with Gasteiger partial charge in [-0.1, -0.05) is 42.5 Å². The fraction of sp³-hybridized carbons (Fsp3) is 0.211. The second kappa shape index (κ2) is 4.32. The molecule has 4 rings (SSSR count). The van der Waals surface area contributed by atoms with Crippen LogP contribution in [0.3, 0.4) is 0 Å². The van der Waals surface area contributed by atoms with E-state index in [1.54, 1.807) is 0 Å². The Kier molecular flexibility index (Phi) is 2.55. The van der Waals surface area contributed by atoms with Gasteiger partial charge in [0.05, 0.1) is 0 Å². The molecule has 0 saturated carbocycles. The number of anilines is 1. The van der Waals surface area contributed by atoms with Crippen molar-refractivity contribution in [1.29, 1.82) is 0 Å². The van der Waals surface area contributed by atoms with Gasteiger partial charge < -0.3 is 4.90 Å². The molecule has 0 fully saturated rings. The van der Waals surface area contributed by atoms with Crippen molar-refractivity contribution in [1.82, 2.24) is 0 Å². The minimum atomic E-state index is 0.209. The van der Waals surface area contributed by atoms with E-state index in [2.05, 4.69) is 55.1 Å². The first-order chi connectivity index (χ1) is 10.2. The summed E-state index contributed by atoms with van der Waals surface area (Å²) in [5.74, 6) is 0. The molecule has 2 nitrogen and oxygen atoms in total. The topological polar surface area (TPSA) is 20.3 Å². The van der Waals surface area contributed by atoms with E-state index >= 15 is 0 Å². The highest BCUT2D eigenvalue weighted by molar-refractivity contribution is 6.00. The first-order valence-electron chi connectivity index (χ1n) is 7.42. The molecular formula is C19H17NO. The zero-order valence-corrected chi connectivity index (χ0v) is 12.3. The highest BCUT2D eigenvalue weighted by atomic mass is 16.1. The number of benzene rings is 2. The lowest BCUT2D eigenvalue weighted by Gasteiger charge is -2.32. The number of para-hydroxylation sites is 1. The van der Waals surface area contributed by atoms with Crippen molar-refractivity contribution >= 4 is 5.69 Å². The molecule has 0 aliphatic carbocycles. The zero-order chi connectivity index (χ0) is 14.6. The molecule has 1 aliphatic rings. The van der Waals surface area contributed by atoms with Gasteiger partial charge in [0.25, 0.3) is 0 Å². The standard InChI is InChI=1S/C19H17NO/c1-12(2)20-11-13-7-3-4-8-14(13)17-18(19(17)21)15-9-5-6-10-16(15)20/h3-10,12H,11H2,1-2H3. The van der Waals surface area contributed by atoms with Gasteiger partial charge >= 0.3 is 0 Å². The smallest absolute Gasteiger partial charge is 0.195 e. The van der Waals surface area contributed by atoms with Crippen LogP contribution in [0.1, 0.15) is 19.4 Å². The summed E-state index contributed by atoms with van der Waals surface area (Å²) in [4.78, 5) is 14.7. The second-order valence-corrected chi connectivity index (χ2v) is 5.98. The van der Waals surface area contributed by atoms with Gasteiger partial charge in [0.15, 0.2) is 5.43 Å². The van der Waals surface area contributed by atoms with Crippen molar-refractivity contribution in [3.8, 4) is 22.3 Å². The highest BCUT2D eigenvalue weighted by Gasteiger charge is 2.32. The summed E-state index contributed by atoms with van der Waals surface area (Å²) in [5, 5.41) is 0. The third-order valence-electron chi connectivity index (χ3n) is 4.38. The lowest BCUT2D eigenvalue weighted by Crippen LogP contribution is -2.31. The number of hydrogen-bond acceptors (Lipinski definition) is 2. The summed E-state index contributed by atoms with van der Waals surface area (Å²) in [5.41, 5.74) is 6.63. The molecule has 0 radical (unpaired) electrons. The number of rotatable bonds is 1. The van der Waals surface area contributed by atoms with Gasteiger partial charge in [-0.25, -0.2) is 0 Å². The number of nitrogens with zero attached hydrogens (tertiary/aromatic N) is 1. The minimum absolute atomic E-state index is 0.209. The number of hydrogen-bond donors (Lipinski definition) is 0. The van der Waals surface area contributed by atoms with Gasteiger partial charge in [0, 0.05) is 35.0 Å². The molecule has 0 N–H and O–H groups in total. The van der Waals surface area contributed by atoms with Gasteiger partial charge in [-0.15, -0.1) is 0 Å². The zero-order valence-electron chi connectivity index (χ0n) is 12.3. The highest BCUT2D eigenvalue weighted by Crippen LogP contribution is 2.44. The van der Waals surface area contributed by atoms with E-state index in [4.69, 9.17) is 0 Å². The Hall–Kier alpha value is -2.35. The summed E-state index contributed by atoms with van der Waals surface area (Å²) in [6.07, 6.45) is 0. The van der Waals surface area contributed by atoms with E-state index in [1.807, 2.05) is 12.1 Å². The molecule has 1 heterocycles. The molecule has 2 heteroatoms. The summed E-state index contributed by atoms with van der Waals surface area (Å²) < 4.78 is 0. The minimum Gasteiger partial charge on any atom is -0.364 e. The molecule has 0 amide bonds. The molecule has 21 heavy (non-hydrogen) atoms. The quantitative estimate of drug-likeness (QED) is 0.669. The van der Waals surface area contributed by atoms with E-state index in [0.717, 1.165) is 28.8 Å². The lowest BCUT2D eigenvalue weighted by atomic mass is 9.98. The molecule has 0 unspecified atom stereocenters. The molecule has 0 atom stereocenters. The third kappa shape index (κ3) is 1.75. The van der Waals surface area contributed by atoms with Crippen molar-refractivity contribution < 1.29 is 0 Å². The summed E-state index contributed by atoms with van der Waals surface area (Å²) >= 11 is 0. The average molecular weight is 275 g/mol. The van der Waals surface area contributed by atoms with Crippen molar-refractivity contribution in [2.24, 2.45) is 0 Å². The maximum atomic E-state index is 12.3. The Morgan fingerprint density at radius 3 is 2.29 bits per heavy atom. The van der Waals surface area contributed by atoms with Crippen molar-refractivity contribution in [3.63, 3.8) is 0 Å². The fourth-order valence-electron chi connectivity index (χ4n) is 3.25. The maximum absolute atomic E-state index is 12.3. The van der Waals surface area contributed by atoms with Crippen LogP contribution in [0.25, 0.3) is 22.3 Å². The molecular weight excluding hydrogens is 258 g/mol. The predicted octanol–water partition coefficient (Wildman–Crippen LogP) is 3.98. The summed E-state index contributed by atoms with van der Waals surface area (Å²) in [7, 11) is 0. The van der Waals surface area contributed by atoms with E-state index in [-0.39, 0.29) is 5.43 Å². The monoisotopic (exact) mass is 275 g/mol. The molecule has 0 bridgehead atoms. The van der Waals surface area contributed by atoms with Crippen LogP contribution >= 0.6 is 0 Å². The Labute approximate surface area is 124 Å². The Morgan fingerprint density at radius 1 is 0.905 bits per heavy atom. The molecule has 3 aromatic rings. The predicted molar refractivity (Wildman–Crippen MR) is 87.3 cm³/mol. The van der Waals surface area contributed by atoms with Crippen molar-refractivity contribution in [2.75, 3.05) is 4.90 Å². The van der Waals surface area contributed by atoms with E-state index < -0.39 is 0 Å². The maximum Gasteiger partial charge on any atom is 0.195 e. The first-order valence-corrected chi connectivity index (χ1v) is 7.42. The van der Waals surface area contributed by atoms with Crippen LogP contribution in [0.15, 0.2) is 53.3 Å². The van der Waals surface area contributed by atoms with Crippen molar-refractivity contribution in [2.45, 2.75) is 26.4 Å². The summed E-state index contributed by atoms with van der Waals surface area (Å²) in [6.45, 7) is 5.24. The van der Waals surface area contributed by atoms with Crippen LogP contribution in [0.5, 0.6) is 0 Å². The number of fused-ring (bicyclic) bond motifs is 5. The molecule has 0 saturated heterocycles. The van der Waals surface area contributed by atoms with E-state index in [1.165, 1.54) is 11.3 Å². The van der Waals surface area contributed by atoms with Crippen LogP contribution in [0.2, 0.25) is 0 Å². The molecule has 0 spiro atoms. The van der Waals surface area contributed by atoms with Gasteiger partial charge in [0.1, 0.15) is 0 Å². The van der Waals surface area contributed by atoms with Gasteiger partial charge in [-0.3, -0.25) is 4.79 Å². The van der Waals surface area contributed by atoms with Crippen LogP contribution in [-0.4, -0.2) is 6.04 Å². The SMILES string of the molecule is CC(C)N1Cc2ccccc2-c2c(c2=O)-c2ccccc21. The van der Waals surface area contributed by atoms with Crippen LogP contribution in [0.4, 0.5) is 5.69 Å². The van der Waals surface area contributed by atoms with Gasteiger partial charge in [-0.2, -0.15) is 0 Å². The van der Waals surface area contributed by atoms with E-state index in [9.17, 15) is 4.79 Å². The van der Waals surface area contributed by atoms with Gasteiger partial charge in [0.2, 0.25) is 0 Å². The lowest BCUT2D eigenvalue weighted by molar-refractivity contribution is 0.683. The van der Waals surface area contributed by atoms with Crippen molar-refractivity contribution in [3.05, 3.63) is 64.3 Å². The van der Waals surface area contributed by atoms with E-state index in [0.29, 0.717) is 6.04 Å². The molecule has 104 valence electrons. The second-order valence-electron chi connectivity index (χ2n) is 5.98.